The zero-order chi connectivity index (χ0) is 5.28. The Morgan fingerprint density at radius 3 is 2.57 bits per heavy atom. The number of amides is 1. The van der Waals surface area contributed by atoms with Gasteiger partial charge in [0, 0.05) is 0 Å². The van der Waals surface area contributed by atoms with Crippen molar-refractivity contribution in [1.82, 2.24) is 10.6 Å². The van der Waals surface area contributed by atoms with E-state index in [1.165, 1.54) is 6.54 Å². The van der Waals surface area contributed by atoms with Crippen molar-refractivity contribution < 1.29 is 4.79 Å². The van der Waals surface area contributed by atoms with E-state index in [0.29, 0.717) is 5.11 Å². The molecule has 0 unspecified atom stereocenters. The van der Waals surface area contributed by atoms with E-state index < -0.39 is 0 Å². The first kappa shape index (κ1) is 4.52. The van der Waals surface area contributed by atoms with Crippen LogP contribution in [0.25, 0.3) is 0 Å². The Morgan fingerprint density at radius 2 is 2.43 bits per heavy atom. The highest BCUT2D eigenvalue weighted by molar-refractivity contribution is 7.80. The second-order valence-electron chi connectivity index (χ2n) is 1.11. The molecule has 0 saturated carbocycles. The maximum absolute atomic E-state index is 10.1. The quantitative estimate of drug-likeness (QED) is 0.404. The predicted octanol–water partition coefficient (Wildman–Crippen LogP) is -0.848. The molecule has 1 fully saturated rings. The molecule has 0 aromatic heterocycles. The highest BCUT2D eigenvalue weighted by Gasteiger charge is 2.11. The number of carbonyl (C=O) groups is 1. The minimum Gasteiger partial charge on any atom is -0.348 e. The van der Waals surface area contributed by atoms with Gasteiger partial charge < -0.3 is 10.6 Å². The first-order valence-electron chi connectivity index (χ1n) is 1.74. The molecule has 0 aromatic carbocycles. The fourth-order valence-electron chi connectivity index (χ4n) is 0.315. The molecule has 1 rings (SSSR count). The van der Waals surface area contributed by atoms with Gasteiger partial charge in [-0.1, -0.05) is 0 Å². The van der Waals surface area contributed by atoms with Crippen molar-refractivity contribution in [2.24, 2.45) is 0 Å². The summed E-state index contributed by atoms with van der Waals surface area (Å²) in [4.78, 5) is 10.1. The highest BCUT2D eigenvalue weighted by Crippen LogP contribution is 1.81. The third-order valence-corrected chi connectivity index (χ3v) is 0.791. The van der Waals surface area contributed by atoms with E-state index in [2.05, 4.69) is 22.9 Å². The van der Waals surface area contributed by atoms with E-state index in [9.17, 15) is 4.79 Å². The molecule has 1 amide bonds. The third-order valence-electron chi connectivity index (χ3n) is 0.571. The minimum absolute atomic E-state index is 0.176. The fraction of sp³-hybridized carbons (Fsp3) is 0. The minimum atomic E-state index is -0.176. The number of hydrogen-bond donors (Lipinski definition) is 2. The van der Waals surface area contributed by atoms with Crippen LogP contribution in [-0.2, 0) is 4.79 Å². The Labute approximate surface area is 46.1 Å². The number of nitrogens with one attached hydrogen (secondary N) is 2. The van der Waals surface area contributed by atoms with Crippen LogP contribution in [0.4, 0.5) is 0 Å². The van der Waals surface area contributed by atoms with Gasteiger partial charge in [0.25, 0.3) is 5.91 Å². The van der Waals surface area contributed by atoms with Crippen LogP contribution in [0.1, 0.15) is 0 Å². The van der Waals surface area contributed by atoms with Crippen LogP contribution in [0.2, 0.25) is 0 Å². The summed E-state index contributed by atoms with van der Waals surface area (Å²) in [5.41, 5.74) is 0. The molecule has 2 N–H and O–H groups in total. The molecule has 0 aliphatic carbocycles. The number of rotatable bonds is 0. The average molecular weight is 115 g/mol. The first-order valence-corrected chi connectivity index (χ1v) is 2.14. The Balaban J connectivity index is 2.55. The summed E-state index contributed by atoms with van der Waals surface area (Å²) in [6.07, 6.45) is 0. The van der Waals surface area contributed by atoms with Crippen molar-refractivity contribution in [3.8, 4) is 0 Å². The summed E-state index contributed by atoms with van der Waals surface area (Å²) >= 11 is 4.52. The van der Waals surface area contributed by atoms with Crippen molar-refractivity contribution >= 4 is 23.2 Å². The molecule has 0 atom stereocenters. The lowest BCUT2D eigenvalue weighted by Gasteiger charge is -1.83. The normalized spacial score (nSPS) is 18.9. The third kappa shape index (κ3) is 0.866. The predicted molar refractivity (Wildman–Crippen MR) is 28.2 cm³/mol. The fourth-order valence-corrected chi connectivity index (χ4v) is 0.475. The van der Waals surface area contributed by atoms with Crippen molar-refractivity contribution in [3.63, 3.8) is 0 Å². The Hall–Kier alpha value is -0.640. The average Bonchev–Trinajstić information content (AvgIpc) is 1.87. The van der Waals surface area contributed by atoms with Crippen molar-refractivity contribution in [1.29, 1.82) is 0 Å². The molecule has 37 valence electrons. The largest absolute Gasteiger partial charge is 0.348 e. The van der Waals surface area contributed by atoms with Crippen LogP contribution in [0.3, 0.4) is 0 Å². The van der Waals surface area contributed by atoms with Crippen molar-refractivity contribution in [2.45, 2.75) is 0 Å². The van der Waals surface area contributed by atoms with E-state index in [-0.39, 0.29) is 5.91 Å². The molecule has 3 nitrogen and oxygen atoms in total. The van der Waals surface area contributed by atoms with Crippen LogP contribution in [0.15, 0.2) is 0 Å². The van der Waals surface area contributed by atoms with E-state index in [4.69, 9.17) is 0 Å². The molecular formula is C3H3N2OS. The van der Waals surface area contributed by atoms with Crippen LogP contribution in [0, 0.1) is 6.54 Å². The Bertz CT molecular complexity index is 108. The molecule has 0 spiro atoms. The van der Waals surface area contributed by atoms with Gasteiger partial charge in [-0.15, -0.1) is 0 Å². The zero-order valence-electron chi connectivity index (χ0n) is 3.39. The molecule has 0 bridgehead atoms. The number of hydrogen-bond acceptors (Lipinski definition) is 2. The smallest absolute Gasteiger partial charge is 0.251 e. The van der Waals surface area contributed by atoms with Crippen LogP contribution >= 0.6 is 12.2 Å². The Kier molecular flexibility index (Phi) is 0.941. The van der Waals surface area contributed by atoms with Crippen LogP contribution < -0.4 is 10.6 Å². The van der Waals surface area contributed by atoms with Crippen molar-refractivity contribution in [3.05, 3.63) is 6.54 Å². The lowest BCUT2D eigenvalue weighted by molar-refractivity contribution is -0.115. The van der Waals surface area contributed by atoms with Crippen LogP contribution in [-0.4, -0.2) is 11.0 Å². The number of thiocarbonyl (C=S) groups is 1. The monoisotopic (exact) mass is 115 g/mol. The van der Waals surface area contributed by atoms with E-state index in [0.717, 1.165) is 0 Å². The van der Waals surface area contributed by atoms with Gasteiger partial charge >= 0.3 is 0 Å². The van der Waals surface area contributed by atoms with Gasteiger partial charge in [-0.2, -0.15) is 0 Å². The molecule has 1 aliphatic heterocycles. The van der Waals surface area contributed by atoms with Crippen LogP contribution in [0.5, 0.6) is 0 Å². The van der Waals surface area contributed by atoms with Gasteiger partial charge in [-0.25, -0.2) is 0 Å². The summed E-state index contributed by atoms with van der Waals surface area (Å²) in [5, 5.41) is 5.24. The maximum Gasteiger partial charge on any atom is 0.251 e. The summed E-state index contributed by atoms with van der Waals surface area (Å²) in [6.45, 7) is 1.28. The van der Waals surface area contributed by atoms with Gasteiger partial charge in [-0.3, -0.25) is 4.79 Å². The summed E-state index contributed by atoms with van der Waals surface area (Å²) in [7, 11) is 0. The van der Waals surface area contributed by atoms with E-state index >= 15 is 0 Å². The lowest BCUT2D eigenvalue weighted by Crippen LogP contribution is -2.21. The second kappa shape index (κ2) is 1.46. The standard InChI is InChI=1S/C3H3N2OS/c6-2-1-4-3(7)5-2/h1H,(H2,4,5,6,7). The van der Waals surface area contributed by atoms with Gasteiger partial charge in [0.05, 0.1) is 0 Å². The molecule has 7 heavy (non-hydrogen) atoms. The molecule has 1 aliphatic rings. The molecule has 0 aromatic rings. The number of carbonyl (C=O) groups excluding carboxylic acids is 1. The first-order chi connectivity index (χ1) is 3.29. The maximum atomic E-state index is 10.1. The van der Waals surface area contributed by atoms with Gasteiger partial charge in [0.2, 0.25) is 0 Å². The van der Waals surface area contributed by atoms with E-state index in [1.54, 1.807) is 0 Å². The summed E-state index contributed by atoms with van der Waals surface area (Å²) < 4.78 is 0. The van der Waals surface area contributed by atoms with Gasteiger partial charge in [0.15, 0.2) is 5.11 Å². The highest BCUT2D eigenvalue weighted by atomic mass is 32.1. The molecule has 1 radical (unpaired) electrons. The second-order valence-corrected chi connectivity index (χ2v) is 1.52. The molecule has 1 heterocycles. The molecular weight excluding hydrogens is 112 g/mol. The summed E-state index contributed by atoms with van der Waals surface area (Å²) in [6, 6.07) is 0. The van der Waals surface area contributed by atoms with Gasteiger partial charge in [0.1, 0.15) is 6.54 Å². The van der Waals surface area contributed by atoms with E-state index in [1.807, 2.05) is 0 Å². The Morgan fingerprint density at radius 1 is 1.71 bits per heavy atom. The van der Waals surface area contributed by atoms with Crippen molar-refractivity contribution in [2.75, 3.05) is 0 Å². The van der Waals surface area contributed by atoms with Gasteiger partial charge in [-0.05, 0) is 12.2 Å². The lowest BCUT2D eigenvalue weighted by atomic mass is 10.7. The summed E-state index contributed by atoms with van der Waals surface area (Å²) in [5.74, 6) is -0.176. The topological polar surface area (TPSA) is 41.1 Å². The zero-order valence-corrected chi connectivity index (χ0v) is 4.21. The SMILES string of the molecule is O=C1[CH]NC(=S)N1. The molecule has 1 saturated heterocycles. The molecule has 4 heteroatoms.